The molecule has 0 radical (unpaired) electrons. The number of thiazole rings is 1. The molecule has 0 aliphatic carbocycles. The van der Waals surface area contributed by atoms with Crippen LogP contribution in [0.15, 0.2) is 48.5 Å². The van der Waals surface area contributed by atoms with Crippen molar-refractivity contribution in [1.82, 2.24) is 14.9 Å². The first-order valence-electron chi connectivity index (χ1n) is 10.4. The number of methoxy groups -OCH3 is 2. The van der Waals surface area contributed by atoms with E-state index >= 15 is 0 Å². The molecule has 2 aromatic heterocycles. The van der Waals surface area contributed by atoms with Crippen molar-refractivity contribution in [2.24, 2.45) is 0 Å². The van der Waals surface area contributed by atoms with Crippen molar-refractivity contribution in [2.45, 2.75) is 6.92 Å². The molecule has 4 rings (SSSR count). The van der Waals surface area contributed by atoms with Crippen LogP contribution in [0, 0.1) is 6.92 Å². The number of carbonyl (C=O) groups is 2. The third kappa shape index (κ3) is 4.42. The molecule has 0 atom stereocenters. The maximum Gasteiger partial charge on any atom is 0.265 e. The highest BCUT2D eigenvalue weighted by molar-refractivity contribution is 7.17. The lowest BCUT2D eigenvalue weighted by Gasteiger charge is -2.13. The first kappa shape index (κ1) is 23.2. The Kier molecular flexibility index (Phi) is 6.47. The highest BCUT2D eigenvalue weighted by Gasteiger charge is 2.21. The Hall–Kier alpha value is -3.98. The second-order valence-corrected chi connectivity index (χ2v) is 8.72. The Bertz CT molecular complexity index is 1400. The van der Waals surface area contributed by atoms with E-state index in [9.17, 15) is 9.59 Å². The van der Waals surface area contributed by atoms with E-state index in [1.807, 2.05) is 36.4 Å². The van der Waals surface area contributed by atoms with E-state index in [2.05, 4.69) is 10.3 Å². The summed E-state index contributed by atoms with van der Waals surface area (Å²) in [6.07, 6.45) is 0. The van der Waals surface area contributed by atoms with Gasteiger partial charge >= 0.3 is 0 Å². The minimum absolute atomic E-state index is 0.154. The number of aryl methyl sites for hydroxylation is 1. The molecule has 9 heteroatoms. The van der Waals surface area contributed by atoms with Crippen molar-refractivity contribution >= 4 is 39.2 Å². The van der Waals surface area contributed by atoms with Crippen LogP contribution in [0.5, 0.6) is 11.5 Å². The Morgan fingerprint density at radius 3 is 2.47 bits per heavy atom. The average molecular weight is 477 g/mol. The number of ether oxygens (including phenoxy) is 2. The average Bonchev–Trinajstić information content (AvgIpc) is 3.21. The van der Waals surface area contributed by atoms with Crippen LogP contribution in [0.2, 0.25) is 0 Å². The van der Waals surface area contributed by atoms with Gasteiger partial charge in [-0.25, -0.2) is 9.97 Å². The first-order chi connectivity index (χ1) is 16.3. The van der Waals surface area contributed by atoms with Crippen molar-refractivity contribution < 1.29 is 19.1 Å². The van der Waals surface area contributed by atoms with Gasteiger partial charge in [0.05, 0.1) is 36.7 Å². The molecule has 0 aliphatic rings. The second-order valence-electron chi connectivity index (χ2n) is 7.73. The number of rotatable bonds is 6. The number of nitrogens with one attached hydrogen (secondary N) is 1. The Labute approximate surface area is 201 Å². The summed E-state index contributed by atoms with van der Waals surface area (Å²) in [4.78, 5) is 36.8. The molecule has 0 saturated carbocycles. The monoisotopic (exact) mass is 476 g/mol. The van der Waals surface area contributed by atoms with Crippen LogP contribution in [-0.4, -0.2) is 55.0 Å². The lowest BCUT2D eigenvalue weighted by atomic mass is 10.0. The van der Waals surface area contributed by atoms with Crippen LogP contribution in [0.4, 0.5) is 5.13 Å². The molecular formula is C25H24N4O4S. The van der Waals surface area contributed by atoms with Crippen molar-refractivity contribution in [3.8, 4) is 22.8 Å². The lowest BCUT2D eigenvalue weighted by molar-refractivity contribution is 0.0831. The van der Waals surface area contributed by atoms with Gasteiger partial charge in [0.15, 0.2) is 5.13 Å². The van der Waals surface area contributed by atoms with Gasteiger partial charge in [-0.1, -0.05) is 29.5 Å². The van der Waals surface area contributed by atoms with Gasteiger partial charge in [0, 0.05) is 31.1 Å². The fourth-order valence-corrected chi connectivity index (χ4v) is 4.51. The van der Waals surface area contributed by atoms with Gasteiger partial charge in [0.25, 0.3) is 11.8 Å². The van der Waals surface area contributed by atoms with Gasteiger partial charge in [-0.05, 0) is 31.2 Å². The quantitative estimate of drug-likeness (QED) is 0.436. The molecule has 0 fully saturated rings. The van der Waals surface area contributed by atoms with E-state index in [0.29, 0.717) is 49.4 Å². The van der Waals surface area contributed by atoms with Gasteiger partial charge in [-0.15, -0.1) is 0 Å². The molecule has 2 amide bonds. The number of benzene rings is 2. The molecule has 174 valence electrons. The fraction of sp³-hybridized carbons (Fsp3) is 0.200. The maximum absolute atomic E-state index is 13.4. The smallest absolute Gasteiger partial charge is 0.265 e. The molecular weight excluding hydrogens is 452 g/mol. The number of amides is 2. The first-order valence-corrected chi connectivity index (χ1v) is 11.3. The zero-order valence-electron chi connectivity index (χ0n) is 19.5. The number of hydrogen-bond acceptors (Lipinski definition) is 7. The highest BCUT2D eigenvalue weighted by Crippen LogP contribution is 2.34. The van der Waals surface area contributed by atoms with Crippen molar-refractivity contribution in [2.75, 3.05) is 33.6 Å². The summed E-state index contributed by atoms with van der Waals surface area (Å²) in [7, 11) is 6.52. The molecule has 4 aromatic rings. The number of pyridine rings is 1. The van der Waals surface area contributed by atoms with E-state index in [-0.39, 0.29) is 11.8 Å². The van der Waals surface area contributed by atoms with Gasteiger partial charge in [0.2, 0.25) is 0 Å². The summed E-state index contributed by atoms with van der Waals surface area (Å²) in [6.45, 7) is 1.75. The standard InChI is InChI=1S/C25H24N4O4S/c1-14-22(24(31)29(2)3)34-25(26-14)28-23(30)18-13-20(27-19-9-7-6-8-16(18)19)17-11-10-15(32-4)12-21(17)33-5/h6-13H,1-5H3,(H,26,28,30). The number of carbonyl (C=O) groups excluding carboxylic acids is 2. The number of hydrogen-bond donors (Lipinski definition) is 1. The highest BCUT2D eigenvalue weighted by atomic mass is 32.1. The van der Waals surface area contributed by atoms with Crippen LogP contribution in [0.3, 0.4) is 0 Å². The molecule has 8 nitrogen and oxygen atoms in total. The fourth-order valence-electron chi connectivity index (χ4n) is 3.53. The predicted molar refractivity (Wildman–Crippen MR) is 133 cm³/mol. The zero-order valence-corrected chi connectivity index (χ0v) is 20.3. The molecule has 0 saturated heterocycles. The number of nitrogens with zero attached hydrogens (tertiary/aromatic N) is 3. The number of anilines is 1. The molecule has 2 aromatic carbocycles. The maximum atomic E-state index is 13.4. The van der Waals surface area contributed by atoms with Crippen LogP contribution < -0.4 is 14.8 Å². The van der Waals surface area contributed by atoms with Crippen LogP contribution in [0.1, 0.15) is 25.7 Å². The number of para-hydroxylation sites is 1. The van der Waals surface area contributed by atoms with Crippen LogP contribution in [0.25, 0.3) is 22.2 Å². The third-order valence-corrected chi connectivity index (χ3v) is 6.32. The SMILES string of the molecule is COc1ccc(-c2cc(C(=O)Nc3nc(C)c(C(=O)N(C)C)s3)c3ccccc3n2)c(OC)c1. The Morgan fingerprint density at radius 2 is 1.76 bits per heavy atom. The van der Waals surface area contributed by atoms with E-state index in [0.717, 1.165) is 16.9 Å². The molecule has 0 aliphatic heterocycles. The summed E-state index contributed by atoms with van der Waals surface area (Å²) in [6, 6.07) is 14.6. The van der Waals surface area contributed by atoms with Gasteiger partial charge in [-0.3, -0.25) is 14.9 Å². The Balaban J connectivity index is 1.77. The minimum Gasteiger partial charge on any atom is -0.497 e. The predicted octanol–water partition coefficient (Wildman–Crippen LogP) is 4.64. The van der Waals surface area contributed by atoms with E-state index in [4.69, 9.17) is 14.5 Å². The molecule has 0 bridgehead atoms. The summed E-state index contributed by atoms with van der Waals surface area (Å²) >= 11 is 1.15. The zero-order chi connectivity index (χ0) is 24.4. The summed E-state index contributed by atoms with van der Waals surface area (Å²) in [5.41, 5.74) is 2.99. The van der Waals surface area contributed by atoms with E-state index in [1.165, 1.54) is 4.90 Å². The second kappa shape index (κ2) is 9.48. The third-order valence-electron chi connectivity index (χ3n) is 5.26. The normalized spacial score (nSPS) is 10.7. The molecule has 0 spiro atoms. The summed E-state index contributed by atoms with van der Waals surface area (Å²) < 4.78 is 10.8. The van der Waals surface area contributed by atoms with E-state index in [1.54, 1.807) is 47.4 Å². The minimum atomic E-state index is -0.343. The molecule has 1 N–H and O–H groups in total. The van der Waals surface area contributed by atoms with Gasteiger partial charge in [0.1, 0.15) is 16.4 Å². The summed E-state index contributed by atoms with van der Waals surface area (Å²) in [5.74, 6) is 0.737. The van der Waals surface area contributed by atoms with Gasteiger partial charge < -0.3 is 14.4 Å². The van der Waals surface area contributed by atoms with Crippen molar-refractivity contribution in [3.05, 3.63) is 64.7 Å². The van der Waals surface area contributed by atoms with Crippen LogP contribution >= 0.6 is 11.3 Å². The van der Waals surface area contributed by atoms with Crippen molar-refractivity contribution in [3.63, 3.8) is 0 Å². The lowest BCUT2D eigenvalue weighted by Crippen LogP contribution is -2.21. The van der Waals surface area contributed by atoms with Crippen LogP contribution in [-0.2, 0) is 0 Å². The molecule has 0 unspecified atom stereocenters. The molecule has 2 heterocycles. The van der Waals surface area contributed by atoms with Crippen molar-refractivity contribution in [1.29, 1.82) is 0 Å². The molecule has 34 heavy (non-hydrogen) atoms. The van der Waals surface area contributed by atoms with E-state index < -0.39 is 0 Å². The number of aromatic nitrogens is 2. The van der Waals surface area contributed by atoms with Gasteiger partial charge in [-0.2, -0.15) is 0 Å². The summed E-state index contributed by atoms with van der Waals surface area (Å²) in [5, 5.41) is 3.91. The number of fused-ring (bicyclic) bond motifs is 1. The Morgan fingerprint density at radius 1 is 1.00 bits per heavy atom. The largest absolute Gasteiger partial charge is 0.497 e. The topological polar surface area (TPSA) is 93.6 Å².